The SMILES string of the molecule is CC1CC1c1nnc2c(Cl)cc(C(=O)O)cn12. The second-order valence-electron chi connectivity index (χ2n) is 4.45. The van der Waals surface area contributed by atoms with Crippen molar-refractivity contribution >= 4 is 23.2 Å². The lowest BCUT2D eigenvalue weighted by molar-refractivity contribution is 0.0696. The van der Waals surface area contributed by atoms with E-state index in [2.05, 4.69) is 17.1 Å². The van der Waals surface area contributed by atoms with E-state index < -0.39 is 5.97 Å². The van der Waals surface area contributed by atoms with Crippen LogP contribution in [0.5, 0.6) is 0 Å². The summed E-state index contributed by atoms with van der Waals surface area (Å²) >= 11 is 5.99. The number of carbonyl (C=O) groups is 1. The molecule has 2 unspecified atom stereocenters. The van der Waals surface area contributed by atoms with Crippen LogP contribution in [-0.4, -0.2) is 25.7 Å². The summed E-state index contributed by atoms with van der Waals surface area (Å²) in [5.74, 6) is 0.745. The highest BCUT2D eigenvalue weighted by Crippen LogP contribution is 2.46. The highest BCUT2D eigenvalue weighted by molar-refractivity contribution is 6.33. The molecule has 0 aliphatic heterocycles. The van der Waals surface area contributed by atoms with Gasteiger partial charge in [0, 0.05) is 12.1 Å². The van der Waals surface area contributed by atoms with Crippen molar-refractivity contribution in [3.8, 4) is 0 Å². The molecule has 2 atom stereocenters. The Balaban J connectivity index is 2.22. The van der Waals surface area contributed by atoms with Crippen molar-refractivity contribution in [2.75, 3.05) is 0 Å². The molecule has 1 fully saturated rings. The highest BCUT2D eigenvalue weighted by atomic mass is 35.5. The van der Waals surface area contributed by atoms with Crippen LogP contribution in [-0.2, 0) is 0 Å². The number of aromatic carboxylic acids is 1. The van der Waals surface area contributed by atoms with Gasteiger partial charge in [-0.05, 0) is 18.4 Å². The van der Waals surface area contributed by atoms with Crippen LogP contribution in [0.4, 0.5) is 0 Å². The van der Waals surface area contributed by atoms with Crippen LogP contribution < -0.4 is 0 Å². The third-order valence-electron chi connectivity index (χ3n) is 3.17. The van der Waals surface area contributed by atoms with Crippen molar-refractivity contribution < 1.29 is 9.90 Å². The number of carboxylic acids is 1. The maximum atomic E-state index is 11.0. The fourth-order valence-corrected chi connectivity index (χ4v) is 2.27. The van der Waals surface area contributed by atoms with Crippen LogP contribution in [0.15, 0.2) is 12.3 Å². The van der Waals surface area contributed by atoms with Gasteiger partial charge in [-0.2, -0.15) is 0 Å². The van der Waals surface area contributed by atoms with Gasteiger partial charge in [-0.1, -0.05) is 18.5 Å². The normalized spacial score (nSPS) is 22.9. The third kappa shape index (κ3) is 1.58. The Morgan fingerprint density at radius 3 is 2.88 bits per heavy atom. The monoisotopic (exact) mass is 251 g/mol. The van der Waals surface area contributed by atoms with Gasteiger partial charge in [-0.3, -0.25) is 4.40 Å². The Bertz CT molecular complexity index is 622. The summed E-state index contributed by atoms with van der Waals surface area (Å²) in [5.41, 5.74) is 0.669. The predicted octanol–water partition coefficient (Wildman–Crippen LogP) is 2.20. The number of fused-ring (bicyclic) bond motifs is 1. The van der Waals surface area contributed by atoms with Crippen molar-refractivity contribution in [3.05, 3.63) is 28.7 Å². The van der Waals surface area contributed by atoms with E-state index in [4.69, 9.17) is 16.7 Å². The molecule has 6 heteroatoms. The Morgan fingerprint density at radius 2 is 2.29 bits per heavy atom. The lowest BCUT2D eigenvalue weighted by Gasteiger charge is -2.01. The molecule has 1 aliphatic rings. The minimum Gasteiger partial charge on any atom is -0.478 e. The number of aromatic nitrogens is 3. The van der Waals surface area contributed by atoms with Crippen LogP contribution in [0.25, 0.3) is 5.65 Å². The molecule has 2 heterocycles. The minimum atomic E-state index is -1.00. The summed E-state index contributed by atoms with van der Waals surface area (Å²) in [5, 5.41) is 17.4. The Kier molecular flexibility index (Phi) is 2.13. The molecule has 5 nitrogen and oxygen atoms in total. The van der Waals surface area contributed by atoms with Gasteiger partial charge in [0.2, 0.25) is 0 Å². The fourth-order valence-electron chi connectivity index (χ4n) is 2.02. The number of nitrogens with zero attached hydrogens (tertiary/aromatic N) is 3. The van der Waals surface area contributed by atoms with Crippen molar-refractivity contribution in [3.63, 3.8) is 0 Å². The Labute approximate surface area is 102 Å². The lowest BCUT2D eigenvalue weighted by atomic mass is 10.2. The zero-order valence-electron chi connectivity index (χ0n) is 9.09. The zero-order valence-corrected chi connectivity index (χ0v) is 9.85. The van der Waals surface area contributed by atoms with E-state index in [0.29, 0.717) is 22.5 Å². The van der Waals surface area contributed by atoms with Crippen LogP contribution in [0.1, 0.15) is 35.4 Å². The molecule has 0 bridgehead atoms. The summed E-state index contributed by atoms with van der Waals surface area (Å²) in [6.07, 6.45) is 2.60. The molecule has 0 amide bonds. The summed E-state index contributed by atoms with van der Waals surface area (Å²) in [6, 6.07) is 1.40. The van der Waals surface area contributed by atoms with Gasteiger partial charge in [0.1, 0.15) is 5.82 Å². The van der Waals surface area contributed by atoms with E-state index in [1.807, 2.05) is 0 Å². The van der Waals surface area contributed by atoms with E-state index >= 15 is 0 Å². The molecular weight excluding hydrogens is 242 g/mol. The largest absolute Gasteiger partial charge is 0.478 e. The van der Waals surface area contributed by atoms with E-state index in [0.717, 1.165) is 12.2 Å². The number of hydrogen-bond donors (Lipinski definition) is 1. The van der Waals surface area contributed by atoms with Crippen LogP contribution in [0, 0.1) is 5.92 Å². The Morgan fingerprint density at radius 1 is 1.59 bits per heavy atom. The van der Waals surface area contributed by atoms with E-state index in [1.54, 1.807) is 4.40 Å². The average Bonchev–Trinajstić information content (AvgIpc) is 2.84. The molecule has 17 heavy (non-hydrogen) atoms. The van der Waals surface area contributed by atoms with Gasteiger partial charge in [-0.25, -0.2) is 4.79 Å². The number of pyridine rings is 1. The molecule has 0 radical (unpaired) electrons. The fraction of sp³-hybridized carbons (Fsp3) is 0.364. The summed E-state index contributed by atoms with van der Waals surface area (Å²) < 4.78 is 1.69. The molecule has 0 spiro atoms. The lowest BCUT2D eigenvalue weighted by Crippen LogP contribution is -2.01. The van der Waals surface area contributed by atoms with Crippen molar-refractivity contribution in [1.82, 2.24) is 14.6 Å². The first-order valence-electron chi connectivity index (χ1n) is 5.35. The second-order valence-corrected chi connectivity index (χ2v) is 4.86. The third-order valence-corrected chi connectivity index (χ3v) is 3.45. The van der Waals surface area contributed by atoms with Crippen LogP contribution in [0.2, 0.25) is 5.02 Å². The number of rotatable bonds is 2. The first kappa shape index (κ1) is 10.5. The standard InChI is InChI=1S/C11H10ClN3O2/c1-5-2-7(5)9-13-14-10-8(12)3-6(11(16)17)4-15(9)10/h3-5,7H,2H2,1H3,(H,16,17). The molecule has 0 saturated heterocycles. The Hall–Kier alpha value is -1.62. The first-order chi connectivity index (χ1) is 8.08. The van der Waals surface area contributed by atoms with Gasteiger partial charge < -0.3 is 5.11 Å². The minimum absolute atomic E-state index is 0.150. The van der Waals surface area contributed by atoms with Gasteiger partial charge in [0.15, 0.2) is 5.65 Å². The van der Waals surface area contributed by atoms with Crippen molar-refractivity contribution in [1.29, 1.82) is 0 Å². The van der Waals surface area contributed by atoms with Gasteiger partial charge in [0.05, 0.1) is 10.6 Å². The smallest absolute Gasteiger partial charge is 0.337 e. The van der Waals surface area contributed by atoms with Crippen molar-refractivity contribution in [2.24, 2.45) is 5.92 Å². The zero-order chi connectivity index (χ0) is 12.2. The summed E-state index contributed by atoms with van der Waals surface area (Å²) in [4.78, 5) is 11.0. The quantitative estimate of drug-likeness (QED) is 0.889. The first-order valence-corrected chi connectivity index (χ1v) is 5.73. The topological polar surface area (TPSA) is 67.5 Å². The summed E-state index contributed by atoms with van der Waals surface area (Å²) in [6.45, 7) is 2.13. The highest BCUT2D eigenvalue weighted by Gasteiger charge is 2.38. The van der Waals surface area contributed by atoms with Gasteiger partial charge in [-0.15, -0.1) is 10.2 Å². The van der Waals surface area contributed by atoms with E-state index in [9.17, 15) is 4.79 Å². The molecule has 3 rings (SSSR count). The predicted molar refractivity (Wildman–Crippen MR) is 61.5 cm³/mol. The van der Waals surface area contributed by atoms with E-state index in [1.165, 1.54) is 12.3 Å². The van der Waals surface area contributed by atoms with E-state index in [-0.39, 0.29) is 5.56 Å². The molecular formula is C11H10ClN3O2. The molecule has 1 N–H and O–H groups in total. The van der Waals surface area contributed by atoms with Crippen molar-refractivity contribution in [2.45, 2.75) is 19.3 Å². The maximum Gasteiger partial charge on any atom is 0.337 e. The maximum absolute atomic E-state index is 11.0. The number of halogens is 1. The molecule has 1 aliphatic carbocycles. The molecule has 0 aromatic carbocycles. The summed E-state index contributed by atoms with van der Waals surface area (Å²) in [7, 11) is 0. The molecule has 2 aromatic heterocycles. The average molecular weight is 252 g/mol. The molecule has 88 valence electrons. The number of hydrogen-bond acceptors (Lipinski definition) is 3. The molecule has 1 saturated carbocycles. The number of carboxylic acid groups (broad SMARTS) is 1. The second kappa shape index (κ2) is 3.43. The van der Waals surface area contributed by atoms with Crippen LogP contribution >= 0.6 is 11.6 Å². The van der Waals surface area contributed by atoms with Gasteiger partial charge in [0.25, 0.3) is 0 Å². The van der Waals surface area contributed by atoms with Gasteiger partial charge >= 0.3 is 5.97 Å². The van der Waals surface area contributed by atoms with Crippen LogP contribution in [0.3, 0.4) is 0 Å². The molecule has 2 aromatic rings.